The molecule has 102 valence electrons. The number of amides is 2. The molecule has 1 aromatic carbocycles. The molecule has 4 nitrogen and oxygen atoms in total. The van der Waals surface area contributed by atoms with Gasteiger partial charge in [-0.3, -0.25) is 14.5 Å². The Kier molecular flexibility index (Phi) is 3.80. The van der Waals surface area contributed by atoms with Gasteiger partial charge in [-0.2, -0.15) is 0 Å². The third-order valence-corrected chi connectivity index (χ3v) is 3.71. The van der Waals surface area contributed by atoms with Crippen molar-refractivity contribution in [3.8, 4) is 0 Å². The second-order valence-electron chi connectivity index (χ2n) is 4.81. The van der Waals surface area contributed by atoms with Gasteiger partial charge < -0.3 is 5.32 Å². The summed E-state index contributed by atoms with van der Waals surface area (Å²) < 4.78 is 0. The van der Waals surface area contributed by atoms with Crippen LogP contribution in [-0.2, 0) is 9.59 Å². The van der Waals surface area contributed by atoms with Crippen molar-refractivity contribution >= 4 is 29.1 Å². The number of halogens is 1. The van der Waals surface area contributed by atoms with Crippen LogP contribution in [-0.4, -0.2) is 23.9 Å². The molecule has 0 bridgehead atoms. The summed E-state index contributed by atoms with van der Waals surface area (Å²) in [5, 5.41) is 3.21. The molecule has 0 radical (unpaired) electrons. The van der Waals surface area contributed by atoms with Gasteiger partial charge in [-0.05, 0) is 38.0 Å². The van der Waals surface area contributed by atoms with Gasteiger partial charge >= 0.3 is 0 Å². The van der Waals surface area contributed by atoms with E-state index < -0.39 is 12.1 Å². The number of hydrogen-bond donors (Lipinski definition) is 1. The maximum Gasteiger partial charge on any atom is 0.250 e. The van der Waals surface area contributed by atoms with Crippen LogP contribution in [0.4, 0.5) is 5.69 Å². The maximum atomic E-state index is 12.4. The molecule has 1 N–H and O–H groups in total. The standard InChI is InChI=1S/C14H17ClN2O2/c1-4-11-14(19)17(9(3)13(18)16-11)12-7-8(2)5-6-10(12)15/h5-7,9,11H,4H2,1-3H3,(H,16,18). The predicted molar refractivity (Wildman–Crippen MR) is 75.4 cm³/mol. The molecule has 1 aliphatic heterocycles. The number of carbonyl (C=O) groups excluding carboxylic acids is 2. The summed E-state index contributed by atoms with van der Waals surface area (Å²) >= 11 is 6.17. The molecule has 2 unspecified atom stereocenters. The van der Waals surface area contributed by atoms with E-state index in [4.69, 9.17) is 11.6 Å². The van der Waals surface area contributed by atoms with Gasteiger partial charge in [0.15, 0.2) is 0 Å². The molecule has 1 fully saturated rings. The first kappa shape index (κ1) is 13.9. The van der Waals surface area contributed by atoms with Gasteiger partial charge in [-0.15, -0.1) is 0 Å². The lowest BCUT2D eigenvalue weighted by Gasteiger charge is -2.37. The highest BCUT2D eigenvalue weighted by Crippen LogP contribution is 2.30. The largest absolute Gasteiger partial charge is 0.343 e. The predicted octanol–water partition coefficient (Wildman–Crippen LogP) is 2.28. The lowest BCUT2D eigenvalue weighted by Crippen LogP contribution is -2.62. The van der Waals surface area contributed by atoms with E-state index in [1.807, 2.05) is 26.0 Å². The van der Waals surface area contributed by atoms with E-state index in [9.17, 15) is 9.59 Å². The summed E-state index contributed by atoms with van der Waals surface area (Å²) in [4.78, 5) is 25.9. The highest BCUT2D eigenvalue weighted by Gasteiger charge is 2.38. The molecule has 2 atom stereocenters. The number of anilines is 1. The Bertz CT molecular complexity index is 530. The first-order valence-electron chi connectivity index (χ1n) is 6.35. The highest BCUT2D eigenvalue weighted by molar-refractivity contribution is 6.34. The molecule has 1 aliphatic rings. The van der Waals surface area contributed by atoms with Crippen LogP contribution >= 0.6 is 11.6 Å². The average Bonchev–Trinajstić information content (AvgIpc) is 2.38. The number of hydrogen-bond acceptors (Lipinski definition) is 2. The third kappa shape index (κ3) is 2.45. The van der Waals surface area contributed by atoms with Crippen molar-refractivity contribution in [3.05, 3.63) is 28.8 Å². The Morgan fingerprint density at radius 1 is 1.37 bits per heavy atom. The number of piperazine rings is 1. The Balaban J connectivity index is 2.47. The van der Waals surface area contributed by atoms with Gasteiger partial charge in [0.25, 0.3) is 0 Å². The molecular formula is C14H17ClN2O2. The molecule has 5 heteroatoms. The summed E-state index contributed by atoms with van der Waals surface area (Å²) in [5.41, 5.74) is 1.60. The normalized spacial score (nSPS) is 23.5. The zero-order valence-electron chi connectivity index (χ0n) is 11.2. The molecule has 2 rings (SSSR count). The fourth-order valence-corrected chi connectivity index (χ4v) is 2.45. The number of benzene rings is 1. The molecule has 0 aliphatic carbocycles. The van der Waals surface area contributed by atoms with Crippen molar-refractivity contribution in [1.82, 2.24) is 5.32 Å². The summed E-state index contributed by atoms with van der Waals surface area (Å²) in [6.07, 6.45) is 0.567. The van der Waals surface area contributed by atoms with Crippen molar-refractivity contribution in [2.75, 3.05) is 4.90 Å². The Labute approximate surface area is 117 Å². The lowest BCUT2D eigenvalue weighted by atomic mass is 10.0. The fraction of sp³-hybridized carbons (Fsp3) is 0.429. The van der Waals surface area contributed by atoms with Crippen molar-refractivity contribution < 1.29 is 9.59 Å². The minimum Gasteiger partial charge on any atom is -0.343 e. The maximum absolute atomic E-state index is 12.4. The van der Waals surface area contributed by atoms with Crippen LogP contribution in [0.1, 0.15) is 25.8 Å². The summed E-state index contributed by atoms with van der Waals surface area (Å²) in [7, 11) is 0. The zero-order chi connectivity index (χ0) is 14.2. The van der Waals surface area contributed by atoms with Crippen LogP contribution in [0, 0.1) is 6.92 Å². The average molecular weight is 281 g/mol. The van der Waals surface area contributed by atoms with E-state index in [-0.39, 0.29) is 11.8 Å². The van der Waals surface area contributed by atoms with E-state index in [0.717, 1.165) is 5.56 Å². The number of aryl methyl sites for hydroxylation is 1. The van der Waals surface area contributed by atoms with Crippen molar-refractivity contribution in [1.29, 1.82) is 0 Å². The third-order valence-electron chi connectivity index (χ3n) is 3.39. The smallest absolute Gasteiger partial charge is 0.250 e. The minimum atomic E-state index is -0.547. The van der Waals surface area contributed by atoms with Gasteiger partial charge in [-0.1, -0.05) is 24.6 Å². The minimum absolute atomic E-state index is 0.109. The molecule has 2 amide bonds. The van der Waals surface area contributed by atoms with Crippen LogP contribution < -0.4 is 10.2 Å². The number of rotatable bonds is 2. The van der Waals surface area contributed by atoms with Gasteiger partial charge in [0.1, 0.15) is 12.1 Å². The van der Waals surface area contributed by atoms with Crippen LogP contribution in [0.3, 0.4) is 0 Å². The number of nitrogens with one attached hydrogen (secondary N) is 1. The van der Waals surface area contributed by atoms with Crippen molar-refractivity contribution in [2.24, 2.45) is 0 Å². The summed E-state index contributed by atoms with van der Waals surface area (Å²) in [6.45, 7) is 5.50. The van der Waals surface area contributed by atoms with Crippen molar-refractivity contribution in [2.45, 2.75) is 39.3 Å². The highest BCUT2D eigenvalue weighted by atomic mass is 35.5. The first-order valence-corrected chi connectivity index (χ1v) is 6.73. The van der Waals surface area contributed by atoms with Crippen LogP contribution in [0.25, 0.3) is 0 Å². The summed E-state index contributed by atoms with van der Waals surface area (Å²) in [6, 6.07) is 4.44. The monoisotopic (exact) mass is 280 g/mol. The van der Waals surface area contributed by atoms with Gasteiger partial charge in [0.05, 0.1) is 10.7 Å². The molecule has 0 aromatic heterocycles. The van der Waals surface area contributed by atoms with Crippen LogP contribution in [0.2, 0.25) is 5.02 Å². The lowest BCUT2D eigenvalue weighted by molar-refractivity contribution is -0.133. The van der Waals surface area contributed by atoms with Crippen molar-refractivity contribution in [3.63, 3.8) is 0 Å². The molecular weight excluding hydrogens is 264 g/mol. The molecule has 1 aromatic rings. The van der Waals surface area contributed by atoms with E-state index in [0.29, 0.717) is 17.1 Å². The summed E-state index contributed by atoms with van der Waals surface area (Å²) in [5.74, 6) is -0.258. The van der Waals surface area contributed by atoms with E-state index in [1.165, 1.54) is 4.90 Å². The van der Waals surface area contributed by atoms with Gasteiger partial charge in [0.2, 0.25) is 11.8 Å². The first-order chi connectivity index (χ1) is 8.95. The molecule has 0 saturated carbocycles. The van der Waals surface area contributed by atoms with Crippen LogP contribution in [0.5, 0.6) is 0 Å². The van der Waals surface area contributed by atoms with E-state index in [1.54, 1.807) is 13.0 Å². The molecule has 0 spiro atoms. The second kappa shape index (κ2) is 5.21. The second-order valence-corrected chi connectivity index (χ2v) is 5.22. The Morgan fingerprint density at radius 2 is 2.05 bits per heavy atom. The van der Waals surface area contributed by atoms with E-state index in [2.05, 4.69) is 5.32 Å². The van der Waals surface area contributed by atoms with E-state index >= 15 is 0 Å². The SMILES string of the molecule is CCC1NC(=O)C(C)N(c2cc(C)ccc2Cl)C1=O. The van der Waals surface area contributed by atoms with Gasteiger partial charge in [-0.25, -0.2) is 0 Å². The topological polar surface area (TPSA) is 49.4 Å². The molecule has 1 heterocycles. The molecule has 19 heavy (non-hydrogen) atoms. The number of nitrogens with zero attached hydrogens (tertiary/aromatic N) is 1. The Morgan fingerprint density at radius 3 is 2.68 bits per heavy atom. The Hall–Kier alpha value is -1.55. The van der Waals surface area contributed by atoms with Gasteiger partial charge in [0, 0.05) is 0 Å². The zero-order valence-corrected chi connectivity index (χ0v) is 12.0. The fourth-order valence-electron chi connectivity index (χ4n) is 2.24. The quantitative estimate of drug-likeness (QED) is 0.903. The molecule has 1 saturated heterocycles. The number of carbonyl (C=O) groups is 2. The van der Waals surface area contributed by atoms with Crippen LogP contribution in [0.15, 0.2) is 18.2 Å².